The fourth-order valence-corrected chi connectivity index (χ4v) is 1.21. The molecule has 0 radical (unpaired) electrons. The summed E-state index contributed by atoms with van der Waals surface area (Å²) in [5.41, 5.74) is 1.20. The lowest BCUT2D eigenvalue weighted by molar-refractivity contribution is -0.385. The van der Waals surface area contributed by atoms with Gasteiger partial charge in [-0.2, -0.15) is 0 Å². The predicted molar refractivity (Wildman–Crippen MR) is 48.9 cm³/mol. The van der Waals surface area contributed by atoms with Crippen LogP contribution in [0, 0.1) is 17.0 Å². The summed E-state index contributed by atoms with van der Waals surface area (Å²) in [5.74, 6) is 0.160. The molecule has 0 amide bonds. The molecule has 0 unspecified atom stereocenters. The largest absolute Gasteiger partial charge is 0.507 e. The van der Waals surface area contributed by atoms with E-state index in [1.54, 1.807) is 6.92 Å². The number of nitro benzene ring substituents is 1. The molecule has 0 atom stereocenters. The van der Waals surface area contributed by atoms with Crippen molar-refractivity contribution in [3.05, 3.63) is 33.4 Å². The maximum absolute atomic E-state index is 10.5. The van der Waals surface area contributed by atoms with Gasteiger partial charge in [0.15, 0.2) is 0 Å². The van der Waals surface area contributed by atoms with Crippen LogP contribution < -0.4 is 0 Å². The van der Waals surface area contributed by atoms with Gasteiger partial charge in [0.25, 0.3) is 5.69 Å². The van der Waals surface area contributed by atoms with Crippen LogP contribution >= 0.6 is 0 Å². The fourth-order valence-electron chi connectivity index (χ4n) is 1.21. The van der Waals surface area contributed by atoms with Crippen LogP contribution in [-0.4, -0.2) is 10.0 Å². The number of rotatable bonds is 2. The molecule has 0 fully saturated rings. The van der Waals surface area contributed by atoms with Gasteiger partial charge >= 0.3 is 0 Å². The molecule has 0 aliphatic rings. The first kappa shape index (κ1) is 9.51. The Morgan fingerprint density at radius 2 is 2.15 bits per heavy atom. The number of non-ortho nitro benzene ring substituents is 1. The number of nitrogens with zero attached hydrogens (tertiary/aromatic N) is 1. The lowest BCUT2D eigenvalue weighted by Crippen LogP contribution is -1.92. The molecule has 1 N–H and O–H groups in total. The lowest BCUT2D eigenvalue weighted by Gasteiger charge is -2.04. The molecular weight excluding hydrogens is 170 g/mol. The summed E-state index contributed by atoms with van der Waals surface area (Å²) < 4.78 is 0. The number of hydrogen-bond donors (Lipinski definition) is 1. The van der Waals surface area contributed by atoms with Gasteiger partial charge in [0.05, 0.1) is 4.92 Å². The van der Waals surface area contributed by atoms with E-state index in [9.17, 15) is 15.2 Å². The van der Waals surface area contributed by atoms with Gasteiger partial charge in [-0.1, -0.05) is 6.92 Å². The molecule has 1 aromatic carbocycles. The van der Waals surface area contributed by atoms with Gasteiger partial charge in [0.1, 0.15) is 5.75 Å². The highest BCUT2D eigenvalue weighted by Gasteiger charge is 2.11. The summed E-state index contributed by atoms with van der Waals surface area (Å²) in [7, 11) is 0. The smallest absolute Gasteiger partial charge is 0.270 e. The Kier molecular flexibility index (Phi) is 2.51. The fraction of sp³-hybridized carbons (Fsp3) is 0.333. The minimum Gasteiger partial charge on any atom is -0.507 e. The summed E-state index contributed by atoms with van der Waals surface area (Å²) in [5, 5.41) is 19.9. The molecule has 1 aromatic rings. The van der Waals surface area contributed by atoms with Crippen LogP contribution in [0.1, 0.15) is 18.1 Å². The Labute approximate surface area is 76.0 Å². The highest BCUT2D eigenvalue weighted by atomic mass is 16.6. The third-order valence-electron chi connectivity index (χ3n) is 1.96. The number of benzene rings is 1. The van der Waals surface area contributed by atoms with Crippen LogP contribution in [-0.2, 0) is 6.42 Å². The van der Waals surface area contributed by atoms with Crippen molar-refractivity contribution in [3.8, 4) is 5.75 Å². The van der Waals surface area contributed by atoms with Crippen molar-refractivity contribution >= 4 is 5.69 Å². The minimum atomic E-state index is -0.453. The van der Waals surface area contributed by atoms with Gasteiger partial charge in [-0.25, -0.2) is 0 Å². The molecule has 13 heavy (non-hydrogen) atoms. The number of nitro groups is 1. The molecule has 0 saturated heterocycles. The molecule has 0 heterocycles. The summed E-state index contributed by atoms with van der Waals surface area (Å²) in [4.78, 5) is 10.0. The zero-order valence-electron chi connectivity index (χ0n) is 7.57. The number of phenols is 1. The third-order valence-corrected chi connectivity index (χ3v) is 1.96. The Balaban J connectivity index is 3.30. The molecular formula is C9H11NO3. The molecule has 0 saturated carbocycles. The number of aromatic hydroxyl groups is 1. The minimum absolute atomic E-state index is 0.0344. The van der Waals surface area contributed by atoms with Crippen molar-refractivity contribution in [3.63, 3.8) is 0 Å². The van der Waals surface area contributed by atoms with Crippen molar-refractivity contribution in [1.82, 2.24) is 0 Å². The highest BCUT2D eigenvalue weighted by Crippen LogP contribution is 2.27. The zero-order chi connectivity index (χ0) is 10.0. The molecule has 1 rings (SSSR count). The molecule has 70 valence electrons. The van der Waals surface area contributed by atoms with Gasteiger partial charge in [-0.15, -0.1) is 0 Å². The summed E-state index contributed by atoms with van der Waals surface area (Å²) in [6.07, 6.45) is 0.592. The van der Waals surface area contributed by atoms with Crippen LogP contribution in [0.2, 0.25) is 0 Å². The first-order chi connectivity index (χ1) is 6.06. The van der Waals surface area contributed by atoms with Crippen molar-refractivity contribution < 1.29 is 10.0 Å². The average molecular weight is 181 g/mol. The Morgan fingerprint density at radius 3 is 2.62 bits per heavy atom. The molecule has 4 nitrogen and oxygen atoms in total. The van der Waals surface area contributed by atoms with E-state index in [1.165, 1.54) is 12.1 Å². The normalized spacial score (nSPS) is 10.0. The van der Waals surface area contributed by atoms with Crippen LogP contribution in [0.5, 0.6) is 5.75 Å². The average Bonchev–Trinajstić information content (AvgIpc) is 2.09. The maximum atomic E-state index is 10.5. The van der Waals surface area contributed by atoms with E-state index >= 15 is 0 Å². The number of aryl methyl sites for hydroxylation is 2. The van der Waals surface area contributed by atoms with E-state index in [2.05, 4.69) is 0 Å². The summed E-state index contributed by atoms with van der Waals surface area (Å²) in [6.45, 7) is 3.50. The molecule has 0 aliphatic carbocycles. The monoisotopic (exact) mass is 181 g/mol. The van der Waals surface area contributed by atoms with Gasteiger partial charge in [0.2, 0.25) is 0 Å². The standard InChI is InChI=1S/C9H11NO3/c1-3-7-5-8(10(12)13)4-6(2)9(7)11/h4-5,11H,3H2,1-2H3. The molecule has 4 heteroatoms. The molecule has 0 spiro atoms. The van der Waals surface area contributed by atoms with Crippen molar-refractivity contribution in [1.29, 1.82) is 0 Å². The lowest BCUT2D eigenvalue weighted by atomic mass is 10.1. The van der Waals surface area contributed by atoms with Crippen molar-refractivity contribution in [2.75, 3.05) is 0 Å². The SMILES string of the molecule is CCc1cc([N+](=O)[O-])cc(C)c1O. The number of phenolic OH excluding ortho intramolecular Hbond substituents is 1. The number of hydrogen-bond acceptors (Lipinski definition) is 3. The third kappa shape index (κ3) is 1.77. The maximum Gasteiger partial charge on any atom is 0.270 e. The van der Waals surface area contributed by atoms with Gasteiger partial charge in [-0.05, 0) is 18.9 Å². The van der Waals surface area contributed by atoms with Crippen molar-refractivity contribution in [2.24, 2.45) is 0 Å². The quantitative estimate of drug-likeness (QED) is 0.561. The van der Waals surface area contributed by atoms with Crippen LogP contribution in [0.3, 0.4) is 0 Å². The molecule has 0 aliphatic heterocycles. The Hall–Kier alpha value is -1.58. The van der Waals surface area contributed by atoms with E-state index in [0.29, 0.717) is 17.5 Å². The first-order valence-electron chi connectivity index (χ1n) is 4.03. The van der Waals surface area contributed by atoms with Crippen LogP contribution in [0.4, 0.5) is 5.69 Å². The Morgan fingerprint density at radius 1 is 1.54 bits per heavy atom. The second-order valence-electron chi connectivity index (χ2n) is 2.88. The molecule has 0 bridgehead atoms. The summed E-state index contributed by atoms with van der Waals surface area (Å²) in [6, 6.07) is 2.77. The van der Waals surface area contributed by atoms with Gasteiger partial charge < -0.3 is 5.11 Å². The van der Waals surface area contributed by atoms with E-state index < -0.39 is 4.92 Å². The predicted octanol–water partition coefficient (Wildman–Crippen LogP) is 2.17. The zero-order valence-corrected chi connectivity index (χ0v) is 7.57. The topological polar surface area (TPSA) is 63.4 Å². The Bertz CT molecular complexity index is 347. The second kappa shape index (κ2) is 3.43. The summed E-state index contributed by atoms with van der Waals surface area (Å²) >= 11 is 0. The van der Waals surface area contributed by atoms with Crippen molar-refractivity contribution in [2.45, 2.75) is 20.3 Å². The van der Waals surface area contributed by atoms with Gasteiger partial charge in [-0.3, -0.25) is 10.1 Å². The van der Waals surface area contributed by atoms with E-state index in [-0.39, 0.29) is 11.4 Å². The molecule has 0 aromatic heterocycles. The van der Waals surface area contributed by atoms with E-state index in [4.69, 9.17) is 0 Å². The second-order valence-corrected chi connectivity index (χ2v) is 2.88. The highest BCUT2D eigenvalue weighted by molar-refractivity contribution is 5.48. The van der Waals surface area contributed by atoms with Crippen LogP contribution in [0.25, 0.3) is 0 Å². The van der Waals surface area contributed by atoms with Crippen LogP contribution in [0.15, 0.2) is 12.1 Å². The van der Waals surface area contributed by atoms with Gasteiger partial charge in [0, 0.05) is 17.7 Å². The van der Waals surface area contributed by atoms with E-state index in [0.717, 1.165) is 0 Å². The van der Waals surface area contributed by atoms with E-state index in [1.807, 2.05) is 6.92 Å². The first-order valence-corrected chi connectivity index (χ1v) is 4.03.